The molecule has 0 unspecified atom stereocenters. The number of carbonyl (C=O) groups is 1. The van der Waals surface area contributed by atoms with Crippen molar-refractivity contribution in [2.24, 2.45) is 5.92 Å². The zero-order chi connectivity index (χ0) is 13.9. The quantitative estimate of drug-likeness (QED) is 0.623. The van der Waals surface area contributed by atoms with E-state index in [0.29, 0.717) is 24.7 Å². The molecular formula is C16H18O4. The van der Waals surface area contributed by atoms with Gasteiger partial charge in [0.15, 0.2) is 6.10 Å². The fraction of sp³-hybridized carbons (Fsp3) is 0.438. The van der Waals surface area contributed by atoms with Crippen molar-refractivity contribution >= 4 is 5.97 Å². The highest BCUT2D eigenvalue weighted by Gasteiger charge is 2.48. The van der Waals surface area contributed by atoms with Crippen LogP contribution >= 0.6 is 0 Å². The summed E-state index contributed by atoms with van der Waals surface area (Å²) >= 11 is 0. The van der Waals surface area contributed by atoms with E-state index < -0.39 is 0 Å². The maximum Gasteiger partial charge on any atom is 0.338 e. The first-order chi connectivity index (χ1) is 9.79. The molecule has 106 valence electrons. The second kappa shape index (κ2) is 5.77. The molecule has 4 heteroatoms. The van der Waals surface area contributed by atoms with Crippen LogP contribution < -0.4 is 0 Å². The lowest BCUT2D eigenvalue weighted by Gasteiger charge is -2.16. The number of hydrogen-bond acceptors (Lipinski definition) is 4. The summed E-state index contributed by atoms with van der Waals surface area (Å²) in [6.07, 6.45) is 2.29. The molecule has 0 bridgehead atoms. The van der Waals surface area contributed by atoms with Crippen LogP contribution in [0.3, 0.4) is 0 Å². The highest BCUT2D eigenvalue weighted by atomic mass is 16.6. The van der Waals surface area contributed by atoms with Gasteiger partial charge in [0.05, 0.1) is 24.9 Å². The second-order valence-corrected chi connectivity index (χ2v) is 5.19. The number of fused-ring (bicyclic) bond motifs is 1. The van der Waals surface area contributed by atoms with Gasteiger partial charge < -0.3 is 14.2 Å². The van der Waals surface area contributed by atoms with Gasteiger partial charge in [-0.1, -0.05) is 24.3 Å². The molecule has 4 nitrogen and oxygen atoms in total. The van der Waals surface area contributed by atoms with Gasteiger partial charge in [-0.05, 0) is 18.6 Å². The zero-order valence-corrected chi connectivity index (χ0v) is 11.2. The molecule has 0 radical (unpaired) electrons. The number of esters is 1. The molecule has 0 amide bonds. The summed E-state index contributed by atoms with van der Waals surface area (Å²) in [5.41, 5.74) is 0.552. The molecule has 2 aliphatic rings. The van der Waals surface area contributed by atoms with Crippen molar-refractivity contribution in [2.45, 2.75) is 24.7 Å². The van der Waals surface area contributed by atoms with E-state index >= 15 is 0 Å². The highest BCUT2D eigenvalue weighted by Crippen LogP contribution is 2.34. The first-order valence-corrected chi connectivity index (χ1v) is 6.89. The van der Waals surface area contributed by atoms with Crippen molar-refractivity contribution in [1.82, 2.24) is 0 Å². The molecule has 1 aromatic carbocycles. The van der Waals surface area contributed by atoms with Crippen LogP contribution in [0, 0.1) is 5.92 Å². The monoisotopic (exact) mass is 274 g/mol. The van der Waals surface area contributed by atoms with Crippen LogP contribution in [0.5, 0.6) is 0 Å². The second-order valence-electron chi connectivity index (χ2n) is 5.19. The van der Waals surface area contributed by atoms with Crippen molar-refractivity contribution in [3.8, 4) is 0 Å². The number of carbonyl (C=O) groups excluding carboxylic acids is 1. The molecule has 20 heavy (non-hydrogen) atoms. The third kappa shape index (κ3) is 2.49. The van der Waals surface area contributed by atoms with Gasteiger partial charge in [-0.15, -0.1) is 6.58 Å². The average molecular weight is 274 g/mol. The fourth-order valence-corrected chi connectivity index (χ4v) is 2.84. The number of ether oxygens (including phenoxy) is 3. The first-order valence-electron chi connectivity index (χ1n) is 6.89. The maximum atomic E-state index is 12.0. The topological polar surface area (TPSA) is 44.8 Å². The molecule has 1 aromatic rings. The van der Waals surface area contributed by atoms with Gasteiger partial charge in [0, 0.05) is 5.92 Å². The summed E-state index contributed by atoms with van der Waals surface area (Å²) in [5.74, 6) is -0.00597. The summed E-state index contributed by atoms with van der Waals surface area (Å²) in [4.78, 5) is 12.0. The maximum absolute atomic E-state index is 12.0. The Labute approximate surface area is 118 Å². The van der Waals surface area contributed by atoms with Crippen LogP contribution in [0.25, 0.3) is 0 Å². The minimum Gasteiger partial charge on any atom is -0.453 e. The lowest BCUT2D eigenvalue weighted by atomic mass is 9.98. The van der Waals surface area contributed by atoms with Crippen LogP contribution in [0.15, 0.2) is 43.0 Å². The predicted molar refractivity (Wildman–Crippen MR) is 73.4 cm³/mol. The average Bonchev–Trinajstić information content (AvgIpc) is 3.05. The molecule has 2 saturated heterocycles. The Morgan fingerprint density at radius 1 is 1.25 bits per heavy atom. The molecule has 2 fully saturated rings. The Bertz CT molecular complexity index is 485. The fourth-order valence-electron chi connectivity index (χ4n) is 2.84. The molecule has 0 aromatic heterocycles. The zero-order valence-electron chi connectivity index (χ0n) is 11.2. The Hall–Kier alpha value is -1.65. The Balaban J connectivity index is 1.63. The van der Waals surface area contributed by atoms with E-state index in [4.69, 9.17) is 14.2 Å². The van der Waals surface area contributed by atoms with Crippen LogP contribution in [-0.2, 0) is 14.2 Å². The molecule has 0 N–H and O–H groups in total. The predicted octanol–water partition coefficient (Wildman–Crippen LogP) is 2.20. The smallest absolute Gasteiger partial charge is 0.338 e. The minimum absolute atomic E-state index is 0.0153. The van der Waals surface area contributed by atoms with Gasteiger partial charge in [0.1, 0.15) is 6.10 Å². The SMILES string of the molecule is C=CC[C@@H]1CO[C@H]2[C@@H]1OC[C@@H]2OC(=O)c1ccccc1. The molecule has 0 spiro atoms. The molecule has 0 saturated carbocycles. The van der Waals surface area contributed by atoms with Gasteiger partial charge in [-0.25, -0.2) is 4.79 Å². The van der Waals surface area contributed by atoms with Crippen molar-refractivity contribution in [3.63, 3.8) is 0 Å². The lowest BCUT2D eigenvalue weighted by molar-refractivity contribution is -0.0160. The number of benzene rings is 1. The third-order valence-electron chi connectivity index (χ3n) is 3.85. The van der Waals surface area contributed by atoms with E-state index in [-0.39, 0.29) is 24.3 Å². The minimum atomic E-state index is -0.323. The third-order valence-corrected chi connectivity index (χ3v) is 3.85. The van der Waals surface area contributed by atoms with Crippen molar-refractivity contribution in [2.75, 3.05) is 13.2 Å². The van der Waals surface area contributed by atoms with E-state index in [1.54, 1.807) is 12.1 Å². The van der Waals surface area contributed by atoms with Crippen LogP contribution in [0.2, 0.25) is 0 Å². The molecule has 2 heterocycles. The molecule has 4 atom stereocenters. The van der Waals surface area contributed by atoms with E-state index in [2.05, 4.69) is 6.58 Å². The molecule has 3 rings (SSSR count). The van der Waals surface area contributed by atoms with Crippen LogP contribution in [0.4, 0.5) is 0 Å². The summed E-state index contributed by atoms with van der Waals surface area (Å²) in [7, 11) is 0. The number of hydrogen-bond donors (Lipinski definition) is 0. The van der Waals surface area contributed by atoms with E-state index in [0.717, 1.165) is 6.42 Å². The summed E-state index contributed by atoms with van der Waals surface area (Å²) in [6.45, 7) is 4.79. The molecule has 2 aliphatic heterocycles. The standard InChI is InChI=1S/C16H18O4/c1-2-6-12-9-18-15-13(10-19-14(12)15)20-16(17)11-7-4-3-5-8-11/h2-5,7-8,12-15H,1,6,9-10H2/t12-,13+,14-,15-/m1/s1. The normalized spacial score (nSPS) is 31.8. The Morgan fingerprint density at radius 3 is 2.75 bits per heavy atom. The highest BCUT2D eigenvalue weighted by molar-refractivity contribution is 5.89. The van der Waals surface area contributed by atoms with Gasteiger partial charge >= 0.3 is 5.97 Å². The summed E-state index contributed by atoms with van der Waals surface area (Å²) in [5, 5.41) is 0. The summed E-state index contributed by atoms with van der Waals surface area (Å²) in [6, 6.07) is 8.98. The lowest BCUT2D eigenvalue weighted by Crippen LogP contribution is -2.33. The molecular weight excluding hydrogens is 256 g/mol. The van der Waals surface area contributed by atoms with E-state index in [9.17, 15) is 4.79 Å². The van der Waals surface area contributed by atoms with Crippen molar-refractivity contribution < 1.29 is 19.0 Å². The first kappa shape index (κ1) is 13.3. The van der Waals surface area contributed by atoms with Gasteiger partial charge in [0.2, 0.25) is 0 Å². The number of rotatable bonds is 4. The Kier molecular flexibility index (Phi) is 3.85. The van der Waals surface area contributed by atoms with Gasteiger partial charge in [-0.3, -0.25) is 0 Å². The van der Waals surface area contributed by atoms with Crippen molar-refractivity contribution in [3.05, 3.63) is 48.6 Å². The van der Waals surface area contributed by atoms with Crippen LogP contribution in [-0.4, -0.2) is 37.5 Å². The number of allylic oxidation sites excluding steroid dienone is 1. The van der Waals surface area contributed by atoms with Crippen LogP contribution in [0.1, 0.15) is 16.8 Å². The summed E-state index contributed by atoms with van der Waals surface area (Å²) < 4.78 is 17.0. The van der Waals surface area contributed by atoms with Crippen molar-refractivity contribution in [1.29, 1.82) is 0 Å². The van der Waals surface area contributed by atoms with E-state index in [1.807, 2.05) is 24.3 Å². The van der Waals surface area contributed by atoms with Gasteiger partial charge in [0.25, 0.3) is 0 Å². The van der Waals surface area contributed by atoms with E-state index in [1.165, 1.54) is 0 Å². The largest absolute Gasteiger partial charge is 0.453 e. The Morgan fingerprint density at radius 2 is 2.00 bits per heavy atom. The van der Waals surface area contributed by atoms with Gasteiger partial charge in [-0.2, -0.15) is 0 Å². The molecule has 0 aliphatic carbocycles.